The zero-order valence-electron chi connectivity index (χ0n) is 24.7. The van der Waals surface area contributed by atoms with E-state index in [0.29, 0.717) is 17.8 Å². The summed E-state index contributed by atoms with van der Waals surface area (Å²) < 4.78 is -0.845. The summed E-state index contributed by atoms with van der Waals surface area (Å²) in [6, 6.07) is 24.6. The third-order valence-electron chi connectivity index (χ3n) is 9.28. The molecule has 1 spiro atoms. The van der Waals surface area contributed by atoms with Gasteiger partial charge in [-0.25, -0.2) is 0 Å². The minimum Gasteiger partial charge on any atom is -0.394 e. The minimum absolute atomic E-state index is 0.0593. The smallest absolute Gasteiger partial charge is 0.248 e. The number of fused-ring (bicyclic) bond motifs is 1. The van der Waals surface area contributed by atoms with Gasteiger partial charge >= 0.3 is 0 Å². The van der Waals surface area contributed by atoms with Crippen molar-refractivity contribution in [3.8, 4) is 0 Å². The van der Waals surface area contributed by atoms with Crippen LogP contribution < -0.4 is 15.5 Å². The minimum atomic E-state index is -0.899. The summed E-state index contributed by atoms with van der Waals surface area (Å²) in [5.74, 6) is -2.18. The van der Waals surface area contributed by atoms with E-state index in [1.807, 2.05) is 84.9 Å². The molecule has 3 unspecified atom stereocenters. The van der Waals surface area contributed by atoms with E-state index in [2.05, 4.69) is 45.3 Å². The van der Waals surface area contributed by atoms with Crippen molar-refractivity contribution in [1.29, 1.82) is 0 Å². The Bertz CT molecular complexity index is 1510. The number of carbonyl (C=O) groups excluding carboxylic acids is 3. The van der Waals surface area contributed by atoms with E-state index in [4.69, 9.17) is 0 Å². The van der Waals surface area contributed by atoms with Crippen LogP contribution in [0.3, 0.4) is 0 Å². The van der Waals surface area contributed by atoms with Gasteiger partial charge < -0.3 is 25.5 Å². The van der Waals surface area contributed by atoms with E-state index in [0.717, 1.165) is 24.3 Å². The first kappa shape index (κ1) is 30.7. The summed E-state index contributed by atoms with van der Waals surface area (Å²) in [5, 5.41) is 16.6. The molecular formula is C34H37BrN4O4S. The summed E-state index contributed by atoms with van der Waals surface area (Å²) >= 11 is 5.40. The number of nitrogens with one attached hydrogen (secondary N) is 2. The van der Waals surface area contributed by atoms with Crippen molar-refractivity contribution in [2.75, 3.05) is 35.2 Å². The number of aliphatic hydroxyl groups is 1. The van der Waals surface area contributed by atoms with Crippen LogP contribution in [0.1, 0.15) is 31.9 Å². The monoisotopic (exact) mass is 676 g/mol. The number of hydrogen-bond donors (Lipinski definition) is 3. The van der Waals surface area contributed by atoms with Gasteiger partial charge in [0.05, 0.1) is 29.2 Å². The number of para-hydroxylation sites is 1. The zero-order valence-corrected chi connectivity index (χ0v) is 27.1. The Morgan fingerprint density at radius 1 is 0.955 bits per heavy atom. The molecule has 0 radical (unpaired) electrons. The van der Waals surface area contributed by atoms with Crippen LogP contribution >= 0.6 is 27.7 Å². The van der Waals surface area contributed by atoms with Crippen LogP contribution in [0, 0.1) is 11.8 Å². The number of aliphatic hydroxyl groups excluding tert-OH is 1. The lowest BCUT2D eigenvalue weighted by molar-refractivity contribution is -0.141. The van der Waals surface area contributed by atoms with Crippen molar-refractivity contribution < 1.29 is 19.5 Å². The number of carbonyl (C=O) groups is 3. The van der Waals surface area contributed by atoms with E-state index < -0.39 is 28.7 Å². The van der Waals surface area contributed by atoms with Crippen LogP contribution in [0.15, 0.2) is 84.9 Å². The maximum absolute atomic E-state index is 14.6. The molecule has 0 aliphatic carbocycles. The Kier molecular flexibility index (Phi) is 8.77. The molecular weight excluding hydrogens is 640 g/mol. The molecule has 3 N–H and O–H groups in total. The molecule has 10 heteroatoms. The third kappa shape index (κ3) is 5.20. The Balaban J connectivity index is 1.38. The quantitative estimate of drug-likeness (QED) is 0.252. The first-order valence-corrected chi connectivity index (χ1v) is 16.9. The fourth-order valence-corrected chi connectivity index (χ4v) is 10.9. The fourth-order valence-electron chi connectivity index (χ4n) is 7.33. The maximum Gasteiger partial charge on any atom is 0.248 e. The lowest BCUT2D eigenvalue weighted by atomic mass is 9.70. The normalized spacial score (nSPS) is 27.6. The predicted molar refractivity (Wildman–Crippen MR) is 179 cm³/mol. The number of likely N-dealkylation sites (tertiary alicyclic amines) is 1. The lowest BCUT2D eigenvalue weighted by Crippen LogP contribution is -2.53. The Morgan fingerprint density at radius 3 is 2.16 bits per heavy atom. The predicted octanol–water partition coefficient (Wildman–Crippen LogP) is 5.31. The van der Waals surface area contributed by atoms with E-state index >= 15 is 0 Å². The molecule has 3 aromatic rings. The molecule has 3 aliphatic rings. The molecule has 3 amide bonds. The number of alkyl halides is 1. The topological polar surface area (TPSA) is 102 Å². The van der Waals surface area contributed by atoms with Crippen molar-refractivity contribution in [3.63, 3.8) is 0 Å². The van der Waals surface area contributed by atoms with Crippen LogP contribution in [0.25, 0.3) is 0 Å². The molecule has 3 saturated heterocycles. The van der Waals surface area contributed by atoms with Crippen molar-refractivity contribution in [2.45, 2.75) is 47.2 Å². The van der Waals surface area contributed by atoms with Gasteiger partial charge in [-0.15, -0.1) is 11.8 Å². The molecule has 2 bridgehead atoms. The van der Waals surface area contributed by atoms with E-state index in [9.17, 15) is 19.5 Å². The van der Waals surface area contributed by atoms with Gasteiger partial charge in [0.25, 0.3) is 0 Å². The summed E-state index contributed by atoms with van der Waals surface area (Å²) in [7, 11) is 0. The van der Waals surface area contributed by atoms with Crippen molar-refractivity contribution in [3.05, 3.63) is 90.5 Å². The second-order valence-corrected chi connectivity index (χ2v) is 14.3. The van der Waals surface area contributed by atoms with Gasteiger partial charge in [0, 0.05) is 40.2 Å². The van der Waals surface area contributed by atoms with Crippen molar-refractivity contribution >= 4 is 62.5 Å². The van der Waals surface area contributed by atoms with Gasteiger partial charge in [-0.2, -0.15) is 0 Å². The average molecular weight is 678 g/mol. The first-order valence-electron chi connectivity index (χ1n) is 15.1. The highest BCUT2D eigenvalue weighted by atomic mass is 79.9. The number of hydrogen-bond acceptors (Lipinski definition) is 6. The van der Waals surface area contributed by atoms with Gasteiger partial charge in [0.2, 0.25) is 17.7 Å². The van der Waals surface area contributed by atoms with Crippen LogP contribution in [-0.2, 0) is 14.4 Å². The van der Waals surface area contributed by atoms with Gasteiger partial charge in [-0.05, 0) is 62.2 Å². The second kappa shape index (κ2) is 12.6. The standard InChI is InChI=1S/C34H37BrN4O4S/c1-3-38(4-2)24-17-15-23(16-18-24)37-32(42)30-34-19-25(35)29(44-34)27(31(41)36-22-13-9-6-10-14-22)28(34)33(43)39(30)26(20-40)21-11-7-5-8-12-21/h5-18,25-30,40H,3-4,19-20H2,1-2H3,(H,36,41)(H,37,42)/t25?,26-,27+,28+,29+,30?,34?/m1/s1. The van der Waals surface area contributed by atoms with Gasteiger partial charge in [-0.3, -0.25) is 14.4 Å². The van der Waals surface area contributed by atoms with Crippen LogP contribution in [0.2, 0.25) is 0 Å². The number of halogens is 1. The highest BCUT2D eigenvalue weighted by Gasteiger charge is 2.76. The lowest BCUT2D eigenvalue weighted by Gasteiger charge is -2.37. The highest BCUT2D eigenvalue weighted by Crippen LogP contribution is 2.68. The largest absolute Gasteiger partial charge is 0.394 e. The summed E-state index contributed by atoms with van der Waals surface area (Å²) in [6.45, 7) is 5.59. The van der Waals surface area contributed by atoms with Gasteiger partial charge in [0.15, 0.2) is 0 Å². The van der Waals surface area contributed by atoms with Gasteiger partial charge in [0.1, 0.15) is 6.04 Å². The van der Waals surface area contributed by atoms with Crippen LogP contribution in [0.5, 0.6) is 0 Å². The highest BCUT2D eigenvalue weighted by molar-refractivity contribution is 9.09. The number of anilines is 3. The molecule has 3 aromatic carbocycles. The third-order valence-corrected chi connectivity index (χ3v) is 12.5. The molecule has 3 heterocycles. The molecule has 0 saturated carbocycles. The first-order chi connectivity index (χ1) is 21.3. The van der Waals surface area contributed by atoms with Crippen molar-refractivity contribution in [2.24, 2.45) is 11.8 Å². The molecule has 3 fully saturated rings. The van der Waals surface area contributed by atoms with E-state index in [-0.39, 0.29) is 34.4 Å². The molecule has 230 valence electrons. The Morgan fingerprint density at radius 2 is 1.55 bits per heavy atom. The molecule has 8 nitrogen and oxygen atoms in total. The second-order valence-electron chi connectivity index (χ2n) is 11.6. The number of rotatable bonds is 10. The van der Waals surface area contributed by atoms with E-state index in [1.165, 1.54) is 0 Å². The molecule has 44 heavy (non-hydrogen) atoms. The molecule has 6 rings (SSSR count). The SMILES string of the molecule is CCN(CC)c1ccc(NC(=O)C2N([C@H](CO)c3ccccc3)C(=O)[C@@H]3[C@H](C(=O)Nc4ccccc4)[C@H]4SC23CC4Br)cc1. The van der Waals surface area contributed by atoms with Gasteiger partial charge in [-0.1, -0.05) is 64.5 Å². The van der Waals surface area contributed by atoms with Crippen molar-refractivity contribution in [1.82, 2.24) is 4.90 Å². The summed E-state index contributed by atoms with van der Waals surface area (Å²) in [5.41, 5.74) is 3.09. The maximum atomic E-state index is 14.6. The Hall–Kier alpha value is -3.34. The average Bonchev–Trinajstić information content (AvgIpc) is 3.63. The van der Waals surface area contributed by atoms with Crippen LogP contribution in [-0.4, -0.2) is 68.3 Å². The molecule has 3 aliphatic heterocycles. The molecule has 7 atom stereocenters. The molecule has 0 aromatic heterocycles. The number of thioether (sulfide) groups is 1. The number of nitrogens with zero attached hydrogens (tertiary/aromatic N) is 2. The summed E-state index contributed by atoms with van der Waals surface area (Å²) in [4.78, 5) is 46.6. The van der Waals surface area contributed by atoms with E-state index in [1.54, 1.807) is 16.7 Å². The summed E-state index contributed by atoms with van der Waals surface area (Å²) in [6.07, 6.45) is 0.552. The zero-order chi connectivity index (χ0) is 31.0. The number of amides is 3. The number of benzene rings is 3. The fraction of sp³-hybridized carbons (Fsp3) is 0.382. The Labute approximate surface area is 270 Å². The van der Waals surface area contributed by atoms with Crippen LogP contribution in [0.4, 0.5) is 17.1 Å².